The number of carbonyl (C=O) groups excluding carboxylic acids is 2. The molecule has 5 heteroatoms. The Morgan fingerprint density at radius 3 is 3.09 bits per heavy atom. The van der Waals surface area contributed by atoms with E-state index in [1.165, 1.54) is 0 Å². The highest BCUT2D eigenvalue weighted by molar-refractivity contribution is 5.82. The molecule has 0 aromatic heterocycles. The quantitative estimate of drug-likeness (QED) is 0.510. The van der Waals surface area contributed by atoms with E-state index in [4.69, 9.17) is 4.74 Å². The summed E-state index contributed by atoms with van der Waals surface area (Å²) in [7, 11) is 0. The molecule has 2 unspecified atom stereocenters. The van der Waals surface area contributed by atoms with Gasteiger partial charge in [0.2, 0.25) is 6.29 Å². The Morgan fingerprint density at radius 1 is 1.45 bits per heavy atom. The van der Waals surface area contributed by atoms with Gasteiger partial charge in [0, 0.05) is 6.42 Å². The second-order valence-electron chi connectivity index (χ2n) is 2.58. The van der Waals surface area contributed by atoms with Gasteiger partial charge in [0.05, 0.1) is 0 Å². The molecule has 5 nitrogen and oxygen atoms in total. The molecular formula is C6H7NO4. The molecule has 60 valence electrons. The Labute approximate surface area is 62.7 Å². The third-order valence-electron chi connectivity index (χ3n) is 1.71. The summed E-state index contributed by atoms with van der Waals surface area (Å²) in [6.45, 7) is 0.0517. The number of ether oxygens (including phenoxy) is 2. The first-order valence-electron chi connectivity index (χ1n) is 3.36. The number of alkyl carbamates (subject to hydrolysis) is 1. The number of fused-ring (bicyclic) bond motifs is 1. The van der Waals surface area contributed by atoms with Gasteiger partial charge < -0.3 is 14.8 Å². The molecule has 0 radical (unpaired) electrons. The summed E-state index contributed by atoms with van der Waals surface area (Å²) in [6.07, 6.45) is -0.744. The van der Waals surface area contributed by atoms with Gasteiger partial charge in [-0.15, -0.1) is 0 Å². The fourth-order valence-electron chi connectivity index (χ4n) is 1.22. The standard InChI is InChI=1S/C6H7NO4/c8-3-1-4-5(10-2-3)11-6(9)7-4/h4-5H,1-2H2,(H,7,9). The van der Waals surface area contributed by atoms with Crippen LogP contribution in [0.2, 0.25) is 0 Å². The molecule has 0 spiro atoms. The Bertz CT molecular complexity index is 213. The molecule has 2 aliphatic rings. The zero-order valence-corrected chi connectivity index (χ0v) is 5.70. The minimum atomic E-state index is -0.555. The minimum absolute atomic E-state index is 0.00273. The van der Waals surface area contributed by atoms with Crippen LogP contribution in [0.1, 0.15) is 6.42 Å². The summed E-state index contributed by atoms with van der Waals surface area (Å²) in [4.78, 5) is 21.4. The first-order valence-corrected chi connectivity index (χ1v) is 3.36. The van der Waals surface area contributed by atoms with Crippen LogP contribution < -0.4 is 5.32 Å². The second kappa shape index (κ2) is 2.20. The van der Waals surface area contributed by atoms with Gasteiger partial charge in [-0.3, -0.25) is 4.79 Å². The third kappa shape index (κ3) is 1.07. The lowest BCUT2D eigenvalue weighted by atomic mass is 10.1. The maximum atomic E-state index is 10.8. The summed E-state index contributed by atoms with van der Waals surface area (Å²) < 4.78 is 9.62. The molecule has 2 aliphatic heterocycles. The maximum absolute atomic E-state index is 10.8. The van der Waals surface area contributed by atoms with Crippen molar-refractivity contribution in [2.75, 3.05) is 6.61 Å². The fraction of sp³-hybridized carbons (Fsp3) is 0.667. The van der Waals surface area contributed by atoms with Crippen molar-refractivity contribution in [1.29, 1.82) is 0 Å². The topological polar surface area (TPSA) is 64.6 Å². The molecule has 2 rings (SSSR count). The van der Waals surface area contributed by atoms with E-state index in [2.05, 4.69) is 10.1 Å². The fourth-order valence-corrected chi connectivity index (χ4v) is 1.22. The van der Waals surface area contributed by atoms with Crippen LogP contribution >= 0.6 is 0 Å². The van der Waals surface area contributed by atoms with Crippen molar-refractivity contribution in [2.24, 2.45) is 0 Å². The van der Waals surface area contributed by atoms with Crippen LogP contribution in [-0.2, 0) is 14.3 Å². The summed E-state index contributed by atoms with van der Waals surface area (Å²) in [5.41, 5.74) is 0. The van der Waals surface area contributed by atoms with Gasteiger partial charge in [0.25, 0.3) is 0 Å². The third-order valence-corrected chi connectivity index (χ3v) is 1.71. The van der Waals surface area contributed by atoms with Crippen molar-refractivity contribution in [3.63, 3.8) is 0 Å². The van der Waals surface area contributed by atoms with Crippen molar-refractivity contribution < 1.29 is 19.1 Å². The summed E-state index contributed by atoms with van der Waals surface area (Å²) >= 11 is 0. The van der Waals surface area contributed by atoms with E-state index in [1.54, 1.807) is 0 Å². The maximum Gasteiger partial charge on any atom is 0.409 e. The average molecular weight is 157 g/mol. The van der Waals surface area contributed by atoms with Gasteiger partial charge >= 0.3 is 6.09 Å². The number of hydrogen-bond acceptors (Lipinski definition) is 4. The lowest BCUT2D eigenvalue weighted by Gasteiger charge is -2.20. The molecule has 1 N–H and O–H groups in total. The number of amides is 1. The van der Waals surface area contributed by atoms with Gasteiger partial charge in [-0.05, 0) is 0 Å². The highest BCUT2D eigenvalue weighted by Crippen LogP contribution is 2.17. The zero-order valence-electron chi connectivity index (χ0n) is 5.70. The molecule has 0 saturated carbocycles. The number of Topliss-reactive ketones (excluding diaryl/α,β-unsaturated/α-hetero) is 1. The van der Waals surface area contributed by atoms with E-state index >= 15 is 0 Å². The highest BCUT2D eigenvalue weighted by Gasteiger charge is 2.39. The number of rotatable bonds is 0. The SMILES string of the molecule is O=C1COC2OC(=O)NC2C1. The first-order chi connectivity index (χ1) is 5.25. The van der Waals surface area contributed by atoms with Crippen LogP contribution in [-0.4, -0.2) is 30.8 Å². The second-order valence-corrected chi connectivity index (χ2v) is 2.58. The molecule has 2 fully saturated rings. The Hall–Kier alpha value is -1.10. The van der Waals surface area contributed by atoms with Gasteiger partial charge in [0.15, 0.2) is 5.78 Å². The van der Waals surface area contributed by atoms with E-state index in [0.29, 0.717) is 6.42 Å². The summed E-state index contributed by atoms with van der Waals surface area (Å²) in [6, 6.07) is -0.274. The van der Waals surface area contributed by atoms with Gasteiger partial charge in [0.1, 0.15) is 12.6 Å². The van der Waals surface area contributed by atoms with Gasteiger partial charge in [-0.2, -0.15) is 0 Å². The zero-order chi connectivity index (χ0) is 7.84. The van der Waals surface area contributed by atoms with E-state index in [1.807, 2.05) is 0 Å². The number of carbonyl (C=O) groups is 2. The van der Waals surface area contributed by atoms with Gasteiger partial charge in [-0.1, -0.05) is 0 Å². The Balaban J connectivity index is 2.08. The molecule has 1 amide bonds. The molecule has 0 aromatic rings. The van der Waals surface area contributed by atoms with Crippen molar-refractivity contribution in [1.82, 2.24) is 5.32 Å². The summed E-state index contributed by atoms with van der Waals surface area (Å²) in [5.74, 6) is -0.00273. The molecule has 2 saturated heterocycles. The number of nitrogens with one attached hydrogen (secondary N) is 1. The molecule has 11 heavy (non-hydrogen) atoms. The van der Waals surface area contributed by atoms with E-state index < -0.39 is 12.4 Å². The number of ketones is 1. The number of hydrogen-bond donors (Lipinski definition) is 1. The van der Waals surface area contributed by atoms with Crippen LogP contribution in [0.15, 0.2) is 0 Å². The Kier molecular flexibility index (Phi) is 1.32. The normalized spacial score (nSPS) is 36.0. The van der Waals surface area contributed by atoms with Gasteiger partial charge in [-0.25, -0.2) is 4.79 Å². The largest absolute Gasteiger partial charge is 0.417 e. The van der Waals surface area contributed by atoms with Crippen LogP contribution in [0, 0.1) is 0 Å². The average Bonchev–Trinajstić information content (AvgIpc) is 2.27. The lowest BCUT2D eigenvalue weighted by Crippen LogP contribution is -2.41. The minimum Gasteiger partial charge on any atom is -0.417 e. The van der Waals surface area contributed by atoms with E-state index in [0.717, 1.165) is 0 Å². The van der Waals surface area contributed by atoms with E-state index in [9.17, 15) is 9.59 Å². The van der Waals surface area contributed by atoms with Crippen LogP contribution in [0.25, 0.3) is 0 Å². The van der Waals surface area contributed by atoms with Crippen LogP contribution in [0.3, 0.4) is 0 Å². The molecule has 0 aromatic carbocycles. The van der Waals surface area contributed by atoms with Crippen molar-refractivity contribution in [2.45, 2.75) is 18.8 Å². The highest BCUT2D eigenvalue weighted by atomic mass is 16.7. The van der Waals surface area contributed by atoms with Crippen molar-refractivity contribution in [3.8, 4) is 0 Å². The van der Waals surface area contributed by atoms with Crippen LogP contribution in [0.5, 0.6) is 0 Å². The predicted molar refractivity (Wildman–Crippen MR) is 32.8 cm³/mol. The molecule has 0 bridgehead atoms. The molecule has 0 aliphatic carbocycles. The first kappa shape index (κ1) is 6.60. The lowest BCUT2D eigenvalue weighted by molar-refractivity contribution is -0.150. The molecular weight excluding hydrogens is 150 g/mol. The molecule has 2 heterocycles. The smallest absolute Gasteiger partial charge is 0.409 e. The van der Waals surface area contributed by atoms with E-state index in [-0.39, 0.29) is 18.4 Å². The van der Waals surface area contributed by atoms with Crippen molar-refractivity contribution in [3.05, 3.63) is 0 Å². The predicted octanol–water partition coefficient (Wildman–Crippen LogP) is -0.590. The summed E-state index contributed by atoms with van der Waals surface area (Å²) in [5, 5.41) is 2.48. The monoisotopic (exact) mass is 157 g/mol. The van der Waals surface area contributed by atoms with Crippen molar-refractivity contribution >= 4 is 11.9 Å². The Morgan fingerprint density at radius 2 is 2.27 bits per heavy atom. The molecule has 2 atom stereocenters. The van der Waals surface area contributed by atoms with Crippen LogP contribution in [0.4, 0.5) is 4.79 Å².